The van der Waals surface area contributed by atoms with E-state index in [1.54, 1.807) is 7.11 Å². The number of ether oxygens (including phenoxy) is 1. The van der Waals surface area contributed by atoms with Crippen molar-refractivity contribution in [2.24, 2.45) is 0 Å². The number of nitrogens with one attached hydrogen (secondary N) is 1. The summed E-state index contributed by atoms with van der Waals surface area (Å²) in [4.78, 5) is 0. The topological polar surface area (TPSA) is 47.3 Å². The minimum absolute atomic E-state index is 0.210. The van der Waals surface area contributed by atoms with Crippen molar-refractivity contribution in [2.45, 2.75) is 13.0 Å². The van der Waals surface area contributed by atoms with E-state index in [0.717, 1.165) is 10.2 Å². The van der Waals surface area contributed by atoms with Crippen LogP contribution in [0.1, 0.15) is 18.5 Å². The smallest absolute Gasteiger partial charge is 0.143 e. The second-order valence-corrected chi connectivity index (χ2v) is 5.29. The molecule has 2 aromatic carbocycles. The number of hydrogen-bond acceptors (Lipinski definition) is 3. The monoisotopic (exact) mass is 320 g/mol. The summed E-state index contributed by atoms with van der Waals surface area (Å²) in [5, 5.41) is 3.43. The van der Waals surface area contributed by atoms with Crippen LogP contribution in [-0.2, 0) is 0 Å². The van der Waals surface area contributed by atoms with E-state index in [1.165, 1.54) is 5.56 Å². The van der Waals surface area contributed by atoms with Crippen LogP contribution in [0.5, 0.6) is 5.75 Å². The molecule has 1 atom stereocenters. The quantitative estimate of drug-likeness (QED) is 0.829. The van der Waals surface area contributed by atoms with Gasteiger partial charge >= 0.3 is 0 Å². The van der Waals surface area contributed by atoms with E-state index in [0.29, 0.717) is 11.4 Å². The molecule has 0 aliphatic heterocycles. The first-order chi connectivity index (χ1) is 9.10. The SMILES string of the molecule is COc1cc(NC(C)c2ccc(Br)cc2)ccc1N. The molecule has 0 heterocycles. The van der Waals surface area contributed by atoms with Gasteiger partial charge in [0.2, 0.25) is 0 Å². The van der Waals surface area contributed by atoms with Crippen LogP contribution in [0, 0.1) is 0 Å². The Morgan fingerprint density at radius 2 is 1.84 bits per heavy atom. The van der Waals surface area contributed by atoms with E-state index in [4.69, 9.17) is 10.5 Å². The van der Waals surface area contributed by atoms with Crippen molar-refractivity contribution in [2.75, 3.05) is 18.2 Å². The first-order valence-corrected chi connectivity index (χ1v) is 6.85. The molecule has 2 rings (SSSR count). The van der Waals surface area contributed by atoms with Crippen molar-refractivity contribution in [3.63, 3.8) is 0 Å². The molecule has 2 aromatic rings. The fourth-order valence-electron chi connectivity index (χ4n) is 1.89. The highest BCUT2D eigenvalue weighted by atomic mass is 79.9. The van der Waals surface area contributed by atoms with Crippen molar-refractivity contribution < 1.29 is 4.74 Å². The molecule has 0 fully saturated rings. The molecule has 0 spiro atoms. The Hall–Kier alpha value is -1.68. The third-order valence-corrected chi connectivity index (χ3v) is 3.52. The molecule has 0 saturated carbocycles. The van der Waals surface area contributed by atoms with Crippen LogP contribution in [0.25, 0.3) is 0 Å². The summed E-state index contributed by atoms with van der Waals surface area (Å²) in [5.41, 5.74) is 8.65. The Labute approximate surface area is 121 Å². The molecular formula is C15H17BrN2O. The van der Waals surface area contributed by atoms with Gasteiger partial charge in [0.1, 0.15) is 5.75 Å². The van der Waals surface area contributed by atoms with Crippen LogP contribution in [-0.4, -0.2) is 7.11 Å². The first-order valence-electron chi connectivity index (χ1n) is 6.05. The molecule has 0 aliphatic carbocycles. The lowest BCUT2D eigenvalue weighted by molar-refractivity contribution is 0.417. The minimum atomic E-state index is 0.210. The standard InChI is InChI=1S/C15H17BrN2O/c1-10(11-3-5-12(16)6-4-11)18-13-7-8-14(17)15(9-13)19-2/h3-10,18H,17H2,1-2H3. The van der Waals surface area contributed by atoms with Crippen molar-refractivity contribution in [1.29, 1.82) is 0 Å². The van der Waals surface area contributed by atoms with Crippen molar-refractivity contribution in [1.82, 2.24) is 0 Å². The second kappa shape index (κ2) is 5.97. The van der Waals surface area contributed by atoms with Gasteiger partial charge < -0.3 is 15.8 Å². The Kier molecular flexibility index (Phi) is 4.32. The molecule has 100 valence electrons. The molecule has 0 bridgehead atoms. The highest BCUT2D eigenvalue weighted by Gasteiger charge is 2.07. The number of halogens is 1. The predicted molar refractivity (Wildman–Crippen MR) is 83.6 cm³/mol. The zero-order valence-corrected chi connectivity index (χ0v) is 12.6. The molecule has 0 aliphatic rings. The van der Waals surface area contributed by atoms with Crippen LogP contribution in [0.15, 0.2) is 46.9 Å². The molecule has 0 amide bonds. The fourth-order valence-corrected chi connectivity index (χ4v) is 2.15. The number of nitrogen functional groups attached to an aromatic ring is 1. The third-order valence-electron chi connectivity index (χ3n) is 2.99. The van der Waals surface area contributed by atoms with Gasteiger partial charge in [-0.3, -0.25) is 0 Å². The zero-order valence-electron chi connectivity index (χ0n) is 11.0. The number of nitrogens with two attached hydrogens (primary N) is 1. The van der Waals surface area contributed by atoms with Gasteiger partial charge in [-0.2, -0.15) is 0 Å². The summed E-state index contributed by atoms with van der Waals surface area (Å²) in [6.45, 7) is 2.12. The van der Waals surface area contributed by atoms with E-state index in [-0.39, 0.29) is 6.04 Å². The van der Waals surface area contributed by atoms with E-state index in [2.05, 4.69) is 40.3 Å². The van der Waals surface area contributed by atoms with Crippen molar-refractivity contribution >= 4 is 27.3 Å². The van der Waals surface area contributed by atoms with Gasteiger partial charge in [-0.1, -0.05) is 28.1 Å². The largest absolute Gasteiger partial charge is 0.495 e. The fraction of sp³-hybridized carbons (Fsp3) is 0.200. The summed E-state index contributed by atoms with van der Waals surface area (Å²) >= 11 is 3.44. The summed E-state index contributed by atoms with van der Waals surface area (Å²) < 4.78 is 6.30. The van der Waals surface area contributed by atoms with Crippen LogP contribution >= 0.6 is 15.9 Å². The van der Waals surface area contributed by atoms with Crippen LogP contribution in [0.3, 0.4) is 0 Å². The van der Waals surface area contributed by atoms with Gasteiger partial charge in [0, 0.05) is 22.3 Å². The lowest BCUT2D eigenvalue weighted by atomic mass is 10.1. The number of methoxy groups -OCH3 is 1. The highest BCUT2D eigenvalue weighted by Crippen LogP contribution is 2.27. The zero-order chi connectivity index (χ0) is 13.8. The molecule has 1 unspecified atom stereocenters. The molecule has 19 heavy (non-hydrogen) atoms. The number of anilines is 2. The predicted octanol–water partition coefficient (Wildman–Crippen LogP) is 4.21. The Morgan fingerprint density at radius 3 is 2.47 bits per heavy atom. The van der Waals surface area contributed by atoms with Crippen molar-refractivity contribution in [3.05, 3.63) is 52.5 Å². The van der Waals surface area contributed by atoms with Crippen LogP contribution < -0.4 is 15.8 Å². The lowest BCUT2D eigenvalue weighted by Gasteiger charge is -2.17. The molecule has 0 radical (unpaired) electrons. The van der Waals surface area contributed by atoms with Gasteiger partial charge in [0.15, 0.2) is 0 Å². The van der Waals surface area contributed by atoms with E-state index in [1.807, 2.05) is 30.3 Å². The maximum Gasteiger partial charge on any atom is 0.143 e. The lowest BCUT2D eigenvalue weighted by Crippen LogP contribution is -2.06. The summed E-state index contributed by atoms with van der Waals surface area (Å²) in [7, 11) is 1.62. The van der Waals surface area contributed by atoms with E-state index in [9.17, 15) is 0 Å². The first kappa shape index (κ1) is 13.7. The molecule has 0 aromatic heterocycles. The van der Waals surface area contributed by atoms with Crippen LogP contribution in [0.4, 0.5) is 11.4 Å². The van der Waals surface area contributed by atoms with E-state index >= 15 is 0 Å². The molecule has 0 saturated heterocycles. The Bertz CT molecular complexity index is 555. The number of benzene rings is 2. The summed E-state index contributed by atoms with van der Waals surface area (Å²) in [5.74, 6) is 0.688. The average molecular weight is 321 g/mol. The van der Waals surface area contributed by atoms with Gasteiger partial charge in [0.25, 0.3) is 0 Å². The Balaban J connectivity index is 2.14. The molecular weight excluding hydrogens is 304 g/mol. The van der Waals surface area contributed by atoms with Crippen LogP contribution in [0.2, 0.25) is 0 Å². The number of rotatable bonds is 4. The summed E-state index contributed by atoms with van der Waals surface area (Å²) in [6.07, 6.45) is 0. The normalized spacial score (nSPS) is 11.9. The maximum atomic E-state index is 5.80. The maximum absolute atomic E-state index is 5.80. The van der Waals surface area contributed by atoms with Gasteiger partial charge in [-0.25, -0.2) is 0 Å². The second-order valence-electron chi connectivity index (χ2n) is 4.37. The average Bonchev–Trinajstić information content (AvgIpc) is 2.41. The highest BCUT2D eigenvalue weighted by molar-refractivity contribution is 9.10. The summed E-state index contributed by atoms with van der Waals surface area (Å²) in [6, 6.07) is 14.2. The minimum Gasteiger partial charge on any atom is -0.495 e. The van der Waals surface area contributed by atoms with Gasteiger partial charge in [-0.15, -0.1) is 0 Å². The number of hydrogen-bond donors (Lipinski definition) is 2. The molecule has 3 N–H and O–H groups in total. The van der Waals surface area contributed by atoms with Crippen molar-refractivity contribution in [3.8, 4) is 5.75 Å². The molecule has 3 nitrogen and oxygen atoms in total. The van der Waals surface area contributed by atoms with Gasteiger partial charge in [0.05, 0.1) is 12.8 Å². The Morgan fingerprint density at radius 1 is 1.16 bits per heavy atom. The third kappa shape index (κ3) is 3.41. The van der Waals surface area contributed by atoms with E-state index < -0.39 is 0 Å². The van der Waals surface area contributed by atoms with Gasteiger partial charge in [-0.05, 0) is 36.8 Å². The molecule has 4 heteroatoms.